The molecule has 0 aliphatic heterocycles. The van der Waals surface area contributed by atoms with Gasteiger partial charge in [0, 0.05) is 38.9 Å². The van der Waals surface area contributed by atoms with Crippen molar-refractivity contribution >= 4 is 11.6 Å². The second-order valence-corrected chi connectivity index (χ2v) is 4.36. The Balaban J connectivity index is 2.22. The van der Waals surface area contributed by atoms with Crippen molar-refractivity contribution in [3.05, 3.63) is 30.3 Å². The van der Waals surface area contributed by atoms with E-state index in [9.17, 15) is 4.79 Å². The van der Waals surface area contributed by atoms with Crippen molar-refractivity contribution in [3.8, 4) is 0 Å². The molecular formula is C15H24N2O2. The molecule has 0 atom stereocenters. The molecule has 0 saturated carbocycles. The molecule has 0 unspecified atom stereocenters. The lowest BCUT2D eigenvalue weighted by Crippen LogP contribution is -2.30. The maximum Gasteiger partial charge on any atom is 0.222 e. The summed E-state index contributed by atoms with van der Waals surface area (Å²) in [5.41, 5.74) is 1.23. The van der Waals surface area contributed by atoms with Gasteiger partial charge in [-0.15, -0.1) is 0 Å². The number of rotatable bonds is 9. The Labute approximate surface area is 115 Å². The summed E-state index contributed by atoms with van der Waals surface area (Å²) < 4.78 is 4.86. The molecule has 0 saturated heterocycles. The van der Waals surface area contributed by atoms with Crippen LogP contribution in [0, 0.1) is 0 Å². The van der Waals surface area contributed by atoms with Crippen molar-refractivity contribution in [1.29, 1.82) is 0 Å². The number of carbonyl (C=O) groups excluding carboxylic acids is 1. The van der Waals surface area contributed by atoms with E-state index < -0.39 is 0 Å². The first-order valence-electron chi connectivity index (χ1n) is 6.83. The van der Waals surface area contributed by atoms with Crippen LogP contribution in [0.15, 0.2) is 30.3 Å². The standard InChI is InChI=1S/C15H24N2O2/c1-3-17(14-8-5-4-6-9-14)12-7-11-16-15(18)10-13-19-2/h4-6,8-9H,3,7,10-13H2,1-2H3,(H,16,18). The normalized spacial score (nSPS) is 10.2. The molecule has 0 heterocycles. The fourth-order valence-corrected chi connectivity index (χ4v) is 1.89. The van der Waals surface area contributed by atoms with Crippen LogP contribution in [0.25, 0.3) is 0 Å². The molecule has 0 radical (unpaired) electrons. The number of amides is 1. The number of nitrogens with one attached hydrogen (secondary N) is 1. The minimum Gasteiger partial charge on any atom is -0.384 e. The van der Waals surface area contributed by atoms with E-state index in [-0.39, 0.29) is 5.91 Å². The van der Waals surface area contributed by atoms with E-state index >= 15 is 0 Å². The predicted molar refractivity (Wildman–Crippen MR) is 78.4 cm³/mol. The van der Waals surface area contributed by atoms with E-state index in [0.717, 1.165) is 19.5 Å². The maximum atomic E-state index is 11.4. The Hall–Kier alpha value is -1.55. The van der Waals surface area contributed by atoms with Crippen LogP contribution in [-0.2, 0) is 9.53 Å². The van der Waals surface area contributed by atoms with Gasteiger partial charge in [0.1, 0.15) is 0 Å². The number of hydrogen-bond donors (Lipinski definition) is 1. The van der Waals surface area contributed by atoms with E-state index in [1.165, 1.54) is 5.69 Å². The summed E-state index contributed by atoms with van der Waals surface area (Å²) >= 11 is 0. The number of nitrogens with zero attached hydrogens (tertiary/aromatic N) is 1. The molecule has 4 nitrogen and oxygen atoms in total. The van der Waals surface area contributed by atoms with Crippen LogP contribution in [0.2, 0.25) is 0 Å². The number of ether oxygens (including phenoxy) is 1. The molecule has 106 valence electrons. The van der Waals surface area contributed by atoms with Gasteiger partial charge in [-0.05, 0) is 25.5 Å². The van der Waals surface area contributed by atoms with Crippen molar-refractivity contribution in [2.24, 2.45) is 0 Å². The summed E-state index contributed by atoms with van der Waals surface area (Å²) in [7, 11) is 1.60. The fourth-order valence-electron chi connectivity index (χ4n) is 1.89. The number of methoxy groups -OCH3 is 1. The summed E-state index contributed by atoms with van der Waals surface area (Å²) in [5.74, 6) is 0.0598. The zero-order chi connectivity index (χ0) is 13.9. The van der Waals surface area contributed by atoms with Gasteiger partial charge in [-0.2, -0.15) is 0 Å². The summed E-state index contributed by atoms with van der Waals surface area (Å²) in [6.45, 7) is 5.26. The van der Waals surface area contributed by atoms with Gasteiger partial charge in [-0.3, -0.25) is 4.79 Å². The summed E-state index contributed by atoms with van der Waals surface area (Å²) in [6.07, 6.45) is 1.38. The third-order valence-electron chi connectivity index (χ3n) is 2.96. The summed E-state index contributed by atoms with van der Waals surface area (Å²) in [6, 6.07) is 10.3. The molecule has 0 bridgehead atoms. The molecule has 0 spiro atoms. The van der Waals surface area contributed by atoms with Gasteiger partial charge < -0.3 is 15.0 Å². The van der Waals surface area contributed by atoms with Crippen molar-refractivity contribution in [1.82, 2.24) is 5.32 Å². The van der Waals surface area contributed by atoms with Crippen LogP contribution >= 0.6 is 0 Å². The molecule has 0 fully saturated rings. The Morgan fingerprint density at radius 2 is 2.05 bits per heavy atom. The average Bonchev–Trinajstić information content (AvgIpc) is 2.46. The van der Waals surface area contributed by atoms with Crippen LogP contribution < -0.4 is 10.2 Å². The Morgan fingerprint density at radius 1 is 1.32 bits per heavy atom. The highest BCUT2D eigenvalue weighted by Gasteiger charge is 2.04. The van der Waals surface area contributed by atoms with Gasteiger partial charge in [0.25, 0.3) is 0 Å². The van der Waals surface area contributed by atoms with Gasteiger partial charge in [0.15, 0.2) is 0 Å². The van der Waals surface area contributed by atoms with Gasteiger partial charge in [-0.25, -0.2) is 0 Å². The number of hydrogen-bond acceptors (Lipinski definition) is 3. The fraction of sp³-hybridized carbons (Fsp3) is 0.533. The highest BCUT2D eigenvalue weighted by molar-refractivity contribution is 5.75. The zero-order valence-electron chi connectivity index (χ0n) is 11.9. The minimum absolute atomic E-state index is 0.0598. The van der Waals surface area contributed by atoms with Gasteiger partial charge in [-0.1, -0.05) is 18.2 Å². The van der Waals surface area contributed by atoms with Gasteiger partial charge >= 0.3 is 0 Å². The highest BCUT2D eigenvalue weighted by Crippen LogP contribution is 2.12. The van der Waals surface area contributed by atoms with Crippen molar-refractivity contribution in [2.75, 3.05) is 38.3 Å². The second kappa shape index (κ2) is 9.39. The van der Waals surface area contributed by atoms with Gasteiger partial charge in [0.2, 0.25) is 5.91 Å². The van der Waals surface area contributed by atoms with E-state index in [2.05, 4.69) is 29.3 Å². The quantitative estimate of drug-likeness (QED) is 0.694. The zero-order valence-corrected chi connectivity index (χ0v) is 11.9. The molecule has 1 amide bonds. The maximum absolute atomic E-state index is 11.4. The van der Waals surface area contributed by atoms with Crippen molar-refractivity contribution in [2.45, 2.75) is 19.8 Å². The highest BCUT2D eigenvalue weighted by atomic mass is 16.5. The first kappa shape index (κ1) is 15.5. The minimum atomic E-state index is 0.0598. The molecule has 4 heteroatoms. The topological polar surface area (TPSA) is 41.6 Å². The molecule has 1 rings (SSSR count). The molecule has 19 heavy (non-hydrogen) atoms. The van der Waals surface area contributed by atoms with Crippen LogP contribution in [0.5, 0.6) is 0 Å². The van der Waals surface area contributed by atoms with E-state index in [1.54, 1.807) is 7.11 Å². The first-order chi connectivity index (χ1) is 9.27. The largest absolute Gasteiger partial charge is 0.384 e. The molecule has 1 aromatic carbocycles. The first-order valence-corrected chi connectivity index (χ1v) is 6.83. The van der Waals surface area contributed by atoms with E-state index in [1.807, 2.05) is 18.2 Å². The molecule has 0 aromatic heterocycles. The number of carbonyl (C=O) groups is 1. The Morgan fingerprint density at radius 3 is 2.68 bits per heavy atom. The second-order valence-electron chi connectivity index (χ2n) is 4.36. The monoisotopic (exact) mass is 264 g/mol. The molecular weight excluding hydrogens is 240 g/mol. The molecule has 0 aliphatic carbocycles. The lowest BCUT2D eigenvalue weighted by Gasteiger charge is -2.23. The molecule has 1 aromatic rings. The SMILES string of the molecule is CCN(CCCNC(=O)CCOC)c1ccccc1. The Bertz CT molecular complexity index is 354. The molecule has 0 aliphatic rings. The Kier molecular flexibility index (Phi) is 7.66. The third-order valence-corrected chi connectivity index (χ3v) is 2.96. The average molecular weight is 264 g/mol. The van der Waals surface area contributed by atoms with Crippen LogP contribution in [-0.4, -0.2) is 39.3 Å². The lowest BCUT2D eigenvalue weighted by molar-refractivity contribution is -0.121. The number of anilines is 1. The van der Waals surface area contributed by atoms with Crippen molar-refractivity contribution < 1.29 is 9.53 Å². The van der Waals surface area contributed by atoms with Gasteiger partial charge in [0.05, 0.1) is 6.61 Å². The predicted octanol–water partition coefficient (Wildman–Crippen LogP) is 2.06. The van der Waals surface area contributed by atoms with Crippen LogP contribution in [0.1, 0.15) is 19.8 Å². The summed E-state index contributed by atoms with van der Waals surface area (Å²) in [5, 5.41) is 2.90. The van der Waals surface area contributed by atoms with Crippen LogP contribution in [0.3, 0.4) is 0 Å². The smallest absolute Gasteiger partial charge is 0.222 e. The van der Waals surface area contributed by atoms with E-state index in [4.69, 9.17) is 4.74 Å². The number of benzene rings is 1. The van der Waals surface area contributed by atoms with Crippen molar-refractivity contribution in [3.63, 3.8) is 0 Å². The number of para-hydroxylation sites is 1. The summed E-state index contributed by atoms with van der Waals surface area (Å²) in [4.78, 5) is 13.7. The van der Waals surface area contributed by atoms with E-state index in [0.29, 0.717) is 19.6 Å². The third kappa shape index (κ3) is 6.25. The van der Waals surface area contributed by atoms with Crippen LogP contribution in [0.4, 0.5) is 5.69 Å². The molecule has 1 N–H and O–H groups in total. The lowest BCUT2D eigenvalue weighted by atomic mass is 10.2.